The van der Waals surface area contributed by atoms with Crippen molar-refractivity contribution in [2.75, 3.05) is 31.5 Å². The second kappa shape index (κ2) is 8.01. The maximum absolute atomic E-state index is 12.6. The summed E-state index contributed by atoms with van der Waals surface area (Å²) >= 11 is 5.39. The molecule has 0 aliphatic carbocycles. The third-order valence-electron chi connectivity index (χ3n) is 4.23. The van der Waals surface area contributed by atoms with Crippen molar-refractivity contribution in [1.29, 1.82) is 0 Å². The van der Waals surface area contributed by atoms with Crippen LogP contribution in [0.2, 0.25) is 0 Å². The smallest absolute Gasteiger partial charge is 0.346 e. The molecule has 3 rings (SSSR count). The molecule has 8 heteroatoms. The van der Waals surface area contributed by atoms with E-state index in [-0.39, 0.29) is 0 Å². The summed E-state index contributed by atoms with van der Waals surface area (Å²) in [5.41, 5.74) is 0.919. The maximum atomic E-state index is 12.6. The molecule has 0 radical (unpaired) electrons. The molecule has 1 N–H and O–H groups in total. The van der Waals surface area contributed by atoms with Gasteiger partial charge >= 0.3 is 6.18 Å². The van der Waals surface area contributed by atoms with Crippen LogP contribution in [-0.4, -0.2) is 46.1 Å². The number of pyridine rings is 1. The highest BCUT2D eigenvalue weighted by molar-refractivity contribution is 7.80. The monoisotopic (exact) mass is 380 g/mol. The third kappa shape index (κ3) is 4.92. The summed E-state index contributed by atoms with van der Waals surface area (Å²) in [5, 5.41) is 3.54. The molecule has 0 unspecified atom stereocenters. The highest BCUT2D eigenvalue weighted by atomic mass is 32.1. The molecule has 1 aliphatic rings. The van der Waals surface area contributed by atoms with E-state index in [4.69, 9.17) is 12.2 Å². The van der Waals surface area contributed by atoms with E-state index in [0.717, 1.165) is 50.6 Å². The molecule has 2 aromatic rings. The second-order valence-electron chi connectivity index (χ2n) is 6.09. The number of rotatable bonds is 3. The summed E-state index contributed by atoms with van der Waals surface area (Å²) in [6.45, 7) is 4.03. The predicted molar refractivity (Wildman–Crippen MR) is 98.8 cm³/mol. The summed E-state index contributed by atoms with van der Waals surface area (Å²) < 4.78 is 37.8. The van der Waals surface area contributed by atoms with Gasteiger partial charge in [-0.25, -0.2) is 0 Å². The molecule has 1 aliphatic heterocycles. The van der Waals surface area contributed by atoms with Gasteiger partial charge in [-0.3, -0.25) is 9.88 Å². The molecular formula is C18H19F3N4S. The zero-order valence-electron chi connectivity index (χ0n) is 14.0. The fourth-order valence-corrected chi connectivity index (χ4v) is 3.08. The van der Waals surface area contributed by atoms with Crippen LogP contribution in [-0.2, 0) is 12.7 Å². The average molecular weight is 380 g/mol. The van der Waals surface area contributed by atoms with Crippen LogP contribution in [0.1, 0.15) is 11.3 Å². The normalized spacial score (nSPS) is 15.7. The number of piperazine rings is 1. The standard InChI is InChI=1S/C18H19F3N4S/c19-18(20,21)14-4-6-15(7-5-14)23-17(26)25-11-9-24(10-12-25)13-16-3-1-2-8-22-16/h1-8H,9-13H2,(H,23,26). The molecule has 0 spiro atoms. The minimum Gasteiger partial charge on any atom is -0.346 e. The van der Waals surface area contributed by atoms with E-state index >= 15 is 0 Å². The van der Waals surface area contributed by atoms with Gasteiger partial charge in [0.1, 0.15) is 0 Å². The maximum Gasteiger partial charge on any atom is 0.416 e. The van der Waals surface area contributed by atoms with Crippen molar-refractivity contribution >= 4 is 23.0 Å². The van der Waals surface area contributed by atoms with Gasteiger partial charge in [-0.2, -0.15) is 13.2 Å². The van der Waals surface area contributed by atoms with Crippen molar-refractivity contribution in [3.05, 3.63) is 59.9 Å². The van der Waals surface area contributed by atoms with E-state index in [1.165, 1.54) is 12.1 Å². The van der Waals surface area contributed by atoms with Crippen molar-refractivity contribution in [2.45, 2.75) is 12.7 Å². The first-order valence-electron chi connectivity index (χ1n) is 8.27. The van der Waals surface area contributed by atoms with Crippen LogP contribution in [0.15, 0.2) is 48.7 Å². The number of nitrogens with one attached hydrogen (secondary N) is 1. The third-order valence-corrected chi connectivity index (χ3v) is 4.60. The van der Waals surface area contributed by atoms with Crippen molar-refractivity contribution < 1.29 is 13.2 Å². The molecule has 0 saturated carbocycles. The van der Waals surface area contributed by atoms with E-state index in [1.807, 2.05) is 23.1 Å². The van der Waals surface area contributed by atoms with Gasteiger partial charge in [0.2, 0.25) is 0 Å². The van der Waals surface area contributed by atoms with Gasteiger partial charge < -0.3 is 10.2 Å². The molecule has 26 heavy (non-hydrogen) atoms. The number of aromatic nitrogens is 1. The molecule has 0 amide bonds. The molecule has 1 aromatic heterocycles. The minimum absolute atomic E-state index is 0.530. The average Bonchev–Trinajstić information content (AvgIpc) is 2.63. The highest BCUT2D eigenvalue weighted by Crippen LogP contribution is 2.29. The Hall–Kier alpha value is -2.19. The van der Waals surface area contributed by atoms with Gasteiger partial charge in [0.15, 0.2) is 5.11 Å². The first-order valence-corrected chi connectivity index (χ1v) is 8.68. The summed E-state index contributed by atoms with van der Waals surface area (Å²) in [6, 6.07) is 10.8. The predicted octanol–water partition coefficient (Wildman–Crippen LogP) is 3.62. The number of anilines is 1. The largest absolute Gasteiger partial charge is 0.416 e. The van der Waals surface area contributed by atoms with E-state index < -0.39 is 11.7 Å². The number of benzene rings is 1. The topological polar surface area (TPSA) is 31.4 Å². The van der Waals surface area contributed by atoms with Crippen molar-refractivity contribution in [1.82, 2.24) is 14.8 Å². The number of hydrogen-bond donors (Lipinski definition) is 1. The van der Waals surface area contributed by atoms with Crippen LogP contribution in [0.5, 0.6) is 0 Å². The fourth-order valence-electron chi connectivity index (χ4n) is 2.77. The number of hydrogen-bond acceptors (Lipinski definition) is 3. The zero-order valence-corrected chi connectivity index (χ0v) is 14.9. The zero-order chi connectivity index (χ0) is 18.6. The Morgan fingerprint density at radius 3 is 2.31 bits per heavy atom. The van der Waals surface area contributed by atoms with Gasteiger partial charge in [0.25, 0.3) is 0 Å². The first kappa shape index (κ1) is 18.6. The molecule has 138 valence electrons. The molecule has 4 nitrogen and oxygen atoms in total. The number of alkyl halides is 3. The van der Waals surface area contributed by atoms with Crippen molar-refractivity contribution in [2.24, 2.45) is 0 Å². The Kier molecular flexibility index (Phi) is 5.73. The van der Waals surface area contributed by atoms with E-state index in [1.54, 1.807) is 6.20 Å². The number of halogens is 3. The van der Waals surface area contributed by atoms with Crippen molar-refractivity contribution in [3.63, 3.8) is 0 Å². The molecular weight excluding hydrogens is 361 g/mol. The highest BCUT2D eigenvalue weighted by Gasteiger charge is 2.30. The van der Waals surface area contributed by atoms with Crippen LogP contribution in [0.4, 0.5) is 18.9 Å². The Morgan fingerprint density at radius 1 is 1.04 bits per heavy atom. The SMILES string of the molecule is FC(F)(F)c1ccc(NC(=S)N2CCN(Cc3ccccn3)CC2)cc1. The summed E-state index contributed by atoms with van der Waals surface area (Å²) in [6.07, 6.45) is -2.54. The van der Waals surface area contributed by atoms with E-state index in [9.17, 15) is 13.2 Å². The fraction of sp³-hybridized carbons (Fsp3) is 0.333. The summed E-state index contributed by atoms with van der Waals surface area (Å²) in [4.78, 5) is 8.67. The van der Waals surface area contributed by atoms with Crippen LogP contribution in [0.25, 0.3) is 0 Å². The minimum atomic E-state index is -4.33. The molecule has 0 atom stereocenters. The van der Waals surface area contributed by atoms with Crippen LogP contribution in [0, 0.1) is 0 Å². The molecule has 1 fully saturated rings. The van der Waals surface area contributed by atoms with Crippen LogP contribution < -0.4 is 5.32 Å². The first-order chi connectivity index (χ1) is 12.4. The second-order valence-corrected chi connectivity index (χ2v) is 6.48. The van der Waals surface area contributed by atoms with Gasteiger partial charge in [-0.15, -0.1) is 0 Å². The van der Waals surface area contributed by atoms with E-state index in [2.05, 4.69) is 15.2 Å². The Morgan fingerprint density at radius 2 is 1.73 bits per heavy atom. The lowest BCUT2D eigenvalue weighted by atomic mass is 10.2. The van der Waals surface area contributed by atoms with Gasteiger partial charge in [0.05, 0.1) is 11.3 Å². The number of nitrogens with zero attached hydrogens (tertiary/aromatic N) is 3. The quantitative estimate of drug-likeness (QED) is 0.823. The molecule has 1 saturated heterocycles. The van der Waals surface area contributed by atoms with Crippen molar-refractivity contribution in [3.8, 4) is 0 Å². The van der Waals surface area contributed by atoms with Gasteiger partial charge in [-0.1, -0.05) is 6.07 Å². The lowest BCUT2D eigenvalue weighted by molar-refractivity contribution is -0.137. The van der Waals surface area contributed by atoms with Crippen LogP contribution >= 0.6 is 12.2 Å². The summed E-state index contributed by atoms with van der Waals surface area (Å²) in [7, 11) is 0. The number of thiocarbonyl (C=S) groups is 1. The Labute approximate surface area is 155 Å². The lowest BCUT2D eigenvalue weighted by Crippen LogP contribution is -2.49. The molecule has 1 aromatic carbocycles. The van der Waals surface area contributed by atoms with Gasteiger partial charge in [0, 0.05) is 44.6 Å². The van der Waals surface area contributed by atoms with Crippen LogP contribution in [0.3, 0.4) is 0 Å². The molecule has 2 heterocycles. The Bertz CT molecular complexity index is 726. The summed E-state index contributed by atoms with van der Waals surface area (Å²) in [5.74, 6) is 0. The lowest BCUT2D eigenvalue weighted by Gasteiger charge is -2.36. The molecule has 0 bridgehead atoms. The Balaban J connectivity index is 1.49. The van der Waals surface area contributed by atoms with E-state index in [0.29, 0.717) is 10.8 Å². The van der Waals surface area contributed by atoms with Gasteiger partial charge in [-0.05, 0) is 48.6 Å².